The van der Waals surface area contributed by atoms with Crippen LogP contribution in [0.5, 0.6) is 0 Å². The van der Waals surface area contributed by atoms with Crippen molar-refractivity contribution in [2.24, 2.45) is 0 Å². The van der Waals surface area contributed by atoms with Crippen LogP contribution in [0.25, 0.3) is 0 Å². The Bertz CT molecular complexity index is 424. The number of likely N-dealkylation sites (tertiary alicyclic amines) is 1. The predicted molar refractivity (Wildman–Crippen MR) is 86.4 cm³/mol. The highest BCUT2D eigenvalue weighted by molar-refractivity contribution is 5.03. The number of hydrogen-bond donors (Lipinski definition) is 1. The fourth-order valence-electron chi connectivity index (χ4n) is 3.57. The summed E-state index contributed by atoms with van der Waals surface area (Å²) in [6.07, 6.45) is 6.45. The Morgan fingerprint density at radius 1 is 1.29 bits per heavy atom. The molecule has 0 spiro atoms. The number of aryl methyl sites for hydroxylation is 1. The first kappa shape index (κ1) is 16.4. The van der Waals surface area contributed by atoms with Crippen molar-refractivity contribution in [3.63, 3.8) is 0 Å². The Hall–Kier alpha value is -0.940. The van der Waals surface area contributed by atoms with Gasteiger partial charge in [-0.1, -0.05) is 13.8 Å². The minimum absolute atomic E-state index is 0.191. The Morgan fingerprint density at radius 2 is 2.00 bits per heavy atom. The lowest BCUT2D eigenvalue weighted by molar-refractivity contribution is 0.0834. The van der Waals surface area contributed by atoms with Crippen LogP contribution in [0.2, 0.25) is 0 Å². The quantitative estimate of drug-likeness (QED) is 0.797. The first-order chi connectivity index (χ1) is 10.2. The molecule has 5 nitrogen and oxygen atoms in total. The van der Waals surface area contributed by atoms with E-state index >= 15 is 0 Å². The fraction of sp³-hybridized carbons (Fsp3) is 0.875. The fourth-order valence-corrected chi connectivity index (χ4v) is 3.57. The molecule has 2 atom stereocenters. The molecule has 1 aromatic rings. The minimum atomic E-state index is 0.191. The van der Waals surface area contributed by atoms with Crippen LogP contribution >= 0.6 is 0 Å². The number of hydrogen-bond acceptors (Lipinski definition) is 4. The molecule has 5 heteroatoms. The van der Waals surface area contributed by atoms with Crippen molar-refractivity contribution in [2.75, 3.05) is 19.6 Å². The Balaban J connectivity index is 2.19. The van der Waals surface area contributed by atoms with Gasteiger partial charge in [-0.2, -0.15) is 5.10 Å². The van der Waals surface area contributed by atoms with Crippen molar-refractivity contribution in [2.45, 2.75) is 71.5 Å². The lowest BCUT2D eigenvalue weighted by atomic mass is 9.85. The summed E-state index contributed by atoms with van der Waals surface area (Å²) in [6, 6.07) is 0.417. The molecule has 2 rings (SSSR count). The van der Waals surface area contributed by atoms with E-state index in [-0.39, 0.29) is 5.54 Å². The highest BCUT2D eigenvalue weighted by Gasteiger charge is 2.39. The Labute approximate surface area is 129 Å². The van der Waals surface area contributed by atoms with Crippen LogP contribution in [0.1, 0.15) is 52.8 Å². The standard InChI is InChI=1S/C16H31N5/c1-5-16(4,20-10-8-9-11-20)14(17-6-2)12-15-18-13-19-21(15)7-3/h13-14,17H,5-12H2,1-4H3. The molecular weight excluding hydrogens is 262 g/mol. The molecule has 1 aliphatic rings. The maximum absolute atomic E-state index is 4.48. The molecule has 0 bridgehead atoms. The van der Waals surface area contributed by atoms with Crippen molar-refractivity contribution < 1.29 is 0 Å². The number of aromatic nitrogens is 3. The SMILES string of the molecule is CCNC(Cc1ncnn1CC)C(C)(CC)N1CCCC1. The number of nitrogens with zero attached hydrogens (tertiary/aromatic N) is 4. The lowest BCUT2D eigenvalue weighted by Crippen LogP contribution is -2.59. The predicted octanol–water partition coefficient (Wildman–Crippen LogP) is 2.08. The van der Waals surface area contributed by atoms with Crippen molar-refractivity contribution in [3.05, 3.63) is 12.2 Å². The number of nitrogens with one attached hydrogen (secondary N) is 1. The number of rotatable bonds is 8. The molecular formula is C16H31N5. The normalized spacial score (nSPS) is 20.6. The molecule has 0 saturated carbocycles. The van der Waals surface area contributed by atoms with Crippen molar-refractivity contribution in [1.82, 2.24) is 25.0 Å². The molecule has 1 aliphatic heterocycles. The molecule has 0 amide bonds. The third kappa shape index (κ3) is 3.46. The van der Waals surface area contributed by atoms with E-state index in [1.165, 1.54) is 25.9 Å². The smallest absolute Gasteiger partial charge is 0.138 e. The Kier molecular flexibility index (Phi) is 5.76. The van der Waals surface area contributed by atoms with Gasteiger partial charge in [0, 0.05) is 24.5 Å². The van der Waals surface area contributed by atoms with Crippen LogP contribution < -0.4 is 5.32 Å². The van der Waals surface area contributed by atoms with Gasteiger partial charge in [0.05, 0.1) is 0 Å². The van der Waals surface area contributed by atoms with E-state index in [9.17, 15) is 0 Å². The van der Waals surface area contributed by atoms with Crippen LogP contribution in [0, 0.1) is 0 Å². The second-order valence-electron chi connectivity index (χ2n) is 6.21. The summed E-state index contributed by atoms with van der Waals surface area (Å²) in [4.78, 5) is 7.15. The zero-order chi connectivity index (χ0) is 15.3. The zero-order valence-corrected chi connectivity index (χ0v) is 14.1. The van der Waals surface area contributed by atoms with Gasteiger partial charge in [0.1, 0.15) is 12.2 Å². The van der Waals surface area contributed by atoms with E-state index in [0.717, 1.165) is 31.8 Å². The summed E-state index contributed by atoms with van der Waals surface area (Å²) in [5.74, 6) is 1.10. The molecule has 120 valence electrons. The third-order valence-electron chi connectivity index (χ3n) is 5.13. The van der Waals surface area contributed by atoms with Gasteiger partial charge in [-0.25, -0.2) is 4.98 Å². The highest BCUT2D eigenvalue weighted by Crippen LogP contribution is 2.29. The second-order valence-corrected chi connectivity index (χ2v) is 6.21. The lowest BCUT2D eigenvalue weighted by Gasteiger charge is -2.45. The first-order valence-electron chi connectivity index (χ1n) is 8.50. The van der Waals surface area contributed by atoms with E-state index < -0.39 is 0 Å². The van der Waals surface area contributed by atoms with Gasteiger partial charge in [0.2, 0.25) is 0 Å². The summed E-state index contributed by atoms with van der Waals surface area (Å²) >= 11 is 0. The summed E-state index contributed by atoms with van der Waals surface area (Å²) in [6.45, 7) is 13.4. The first-order valence-corrected chi connectivity index (χ1v) is 8.50. The van der Waals surface area contributed by atoms with E-state index in [4.69, 9.17) is 0 Å². The van der Waals surface area contributed by atoms with Gasteiger partial charge in [0.25, 0.3) is 0 Å². The minimum Gasteiger partial charge on any atom is -0.312 e. The molecule has 1 N–H and O–H groups in total. The molecule has 0 aromatic carbocycles. The molecule has 2 heterocycles. The zero-order valence-electron chi connectivity index (χ0n) is 14.1. The molecule has 21 heavy (non-hydrogen) atoms. The van der Waals surface area contributed by atoms with Crippen LogP contribution in [-0.2, 0) is 13.0 Å². The number of likely N-dealkylation sites (N-methyl/N-ethyl adjacent to an activating group) is 1. The van der Waals surface area contributed by atoms with Gasteiger partial charge in [-0.15, -0.1) is 0 Å². The molecule has 2 unspecified atom stereocenters. The van der Waals surface area contributed by atoms with E-state index in [0.29, 0.717) is 6.04 Å². The third-order valence-corrected chi connectivity index (χ3v) is 5.13. The van der Waals surface area contributed by atoms with Gasteiger partial charge in [0.15, 0.2) is 0 Å². The van der Waals surface area contributed by atoms with E-state index in [1.807, 2.05) is 4.68 Å². The average Bonchev–Trinajstić information content (AvgIpc) is 3.17. The van der Waals surface area contributed by atoms with Crippen LogP contribution in [0.15, 0.2) is 6.33 Å². The summed E-state index contributed by atoms with van der Waals surface area (Å²) in [5.41, 5.74) is 0.191. The monoisotopic (exact) mass is 293 g/mol. The molecule has 1 aromatic heterocycles. The average molecular weight is 293 g/mol. The highest BCUT2D eigenvalue weighted by atomic mass is 15.3. The van der Waals surface area contributed by atoms with Gasteiger partial charge >= 0.3 is 0 Å². The summed E-state index contributed by atoms with van der Waals surface area (Å²) in [7, 11) is 0. The Morgan fingerprint density at radius 3 is 2.57 bits per heavy atom. The summed E-state index contributed by atoms with van der Waals surface area (Å²) < 4.78 is 2.02. The maximum Gasteiger partial charge on any atom is 0.138 e. The topological polar surface area (TPSA) is 46.0 Å². The van der Waals surface area contributed by atoms with Crippen LogP contribution in [0.4, 0.5) is 0 Å². The van der Waals surface area contributed by atoms with Gasteiger partial charge in [-0.05, 0) is 52.7 Å². The van der Waals surface area contributed by atoms with E-state index in [1.54, 1.807) is 6.33 Å². The van der Waals surface area contributed by atoms with Gasteiger partial charge < -0.3 is 5.32 Å². The van der Waals surface area contributed by atoms with E-state index in [2.05, 4.69) is 48.0 Å². The second kappa shape index (κ2) is 7.36. The van der Waals surface area contributed by atoms with Crippen molar-refractivity contribution in [1.29, 1.82) is 0 Å². The van der Waals surface area contributed by atoms with Crippen LogP contribution in [0.3, 0.4) is 0 Å². The van der Waals surface area contributed by atoms with Crippen molar-refractivity contribution in [3.8, 4) is 0 Å². The largest absolute Gasteiger partial charge is 0.312 e. The molecule has 0 aliphatic carbocycles. The van der Waals surface area contributed by atoms with Gasteiger partial charge in [-0.3, -0.25) is 9.58 Å². The molecule has 0 radical (unpaired) electrons. The molecule has 1 fully saturated rings. The maximum atomic E-state index is 4.48. The van der Waals surface area contributed by atoms with Crippen molar-refractivity contribution >= 4 is 0 Å². The summed E-state index contributed by atoms with van der Waals surface area (Å²) in [5, 5.41) is 8.04. The molecule has 1 saturated heterocycles. The van der Waals surface area contributed by atoms with Crippen LogP contribution in [-0.4, -0.2) is 50.9 Å².